The van der Waals surface area contributed by atoms with Crippen molar-refractivity contribution in [1.82, 2.24) is 5.32 Å². The molecule has 2 rings (SSSR count). The predicted molar refractivity (Wildman–Crippen MR) is 85.8 cm³/mol. The molecular weight excluding hydrogens is 246 g/mol. The van der Waals surface area contributed by atoms with E-state index >= 15 is 0 Å². The normalized spacial score (nSPS) is 36.6. The topological polar surface area (TPSA) is 32.3 Å². The Morgan fingerprint density at radius 2 is 1.65 bits per heavy atom. The first-order valence-electron chi connectivity index (χ1n) is 8.88. The summed E-state index contributed by atoms with van der Waals surface area (Å²) >= 11 is 0. The molecule has 0 saturated heterocycles. The van der Waals surface area contributed by atoms with Gasteiger partial charge in [0.15, 0.2) is 0 Å². The van der Waals surface area contributed by atoms with Gasteiger partial charge in [-0.1, -0.05) is 40.0 Å². The van der Waals surface area contributed by atoms with Crippen LogP contribution in [0.4, 0.5) is 0 Å². The Bertz CT molecular complexity index is 284. The molecule has 0 amide bonds. The molecule has 0 radical (unpaired) electrons. The number of rotatable bonds is 3. The van der Waals surface area contributed by atoms with Crippen LogP contribution in [-0.2, 0) is 0 Å². The Morgan fingerprint density at radius 3 is 2.35 bits per heavy atom. The summed E-state index contributed by atoms with van der Waals surface area (Å²) in [4.78, 5) is 0. The van der Waals surface area contributed by atoms with Gasteiger partial charge in [-0.3, -0.25) is 0 Å². The van der Waals surface area contributed by atoms with E-state index in [-0.39, 0.29) is 6.10 Å². The maximum absolute atomic E-state index is 10.1. The van der Waals surface area contributed by atoms with Gasteiger partial charge in [-0.25, -0.2) is 0 Å². The van der Waals surface area contributed by atoms with Gasteiger partial charge in [-0.15, -0.1) is 0 Å². The number of hydrogen-bond donors (Lipinski definition) is 2. The molecule has 4 atom stereocenters. The zero-order valence-corrected chi connectivity index (χ0v) is 13.8. The maximum Gasteiger partial charge on any atom is 0.0580 e. The molecule has 2 heteroatoms. The van der Waals surface area contributed by atoms with Gasteiger partial charge in [0.25, 0.3) is 0 Å². The van der Waals surface area contributed by atoms with Crippen LogP contribution < -0.4 is 5.32 Å². The molecule has 2 aliphatic carbocycles. The molecular formula is C18H35NO. The van der Waals surface area contributed by atoms with Gasteiger partial charge in [0.2, 0.25) is 0 Å². The van der Waals surface area contributed by atoms with Gasteiger partial charge in [-0.05, 0) is 55.8 Å². The fourth-order valence-electron chi connectivity index (χ4n) is 4.12. The highest BCUT2D eigenvalue weighted by Gasteiger charge is 2.28. The third-order valence-corrected chi connectivity index (χ3v) is 5.73. The second kappa shape index (κ2) is 7.26. The lowest BCUT2D eigenvalue weighted by molar-refractivity contribution is 0.0677. The van der Waals surface area contributed by atoms with Crippen LogP contribution in [0, 0.1) is 17.3 Å². The Balaban J connectivity index is 1.74. The highest BCUT2D eigenvalue weighted by Crippen LogP contribution is 2.36. The Morgan fingerprint density at radius 1 is 0.900 bits per heavy atom. The van der Waals surface area contributed by atoms with Crippen molar-refractivity contribution in [2.24, 2.45) is 17.3 Å². The second-order valence-electron chi connectivity index (χ2n) is 8.29. The Labute approximate surface area is 125 Å². The van der Waals surface area contributed by atoms with Crippen LogP contribution in [0.15, 0.2) is 0 Å². The van der Waals surface area contributed by atoms with Crippen molar-refractivity contribution in [2.75, 3.05) is 6.54 Å². The minimum Gasteiger partial charge on any atom is -0.393 e. The average Bonchev–Trinajstić information content (AvgIpc) is 2.63. The fourth-order valence-corrected chi connectivity index (χ4v) is 4.12. The zero-order valence-electron chi connectivity index (χ0n) is 13.8. The largest absolute Gasteiger partial charge is 0.393 e. The van der Waals surface area contributed by atoms with Crippen LogP contribution in [0.1, 0.15) is 78.6 Å². The van der Waals surface area contributed by atoms with E-state index in [1.807, 2.05) is 0 Å². The molecule has 2 aliphatic rings. The van der Waals surface area contributed by atoms with Gasteiger partial charge in [0.1, 0.15) is 0 Å². The summed E-state index contributed by atoms with van der Waals surface area (Å²) in [6.45, 7) is 8.21. The minimum absolute atomic E-state index is 0.0515. The molecule has 0 aliphatic heterocycles. The lowest BCUT2D eigenvalue weighted by Crippen LogP contribution is -2.38. The fraction of sp³-hybridized carbons (Fsp3) is 1.00. The van der Waals surface area contributed by atoms with E-state index in [9.17, 15) is 5.11 Å². The molecule has 2 N–H and O–H groups in total. The lowest BCUT2D eigenvalue weighted by Gasteiger charge is -2.30. The molecule has 0 aromatic heterocycles. The summed E-state index contributed by atoms with van der Waals surface area (Å²) in [5.74, 6) is 1.39. The molecule has 2 nitrogen and oxygen atoms in total. The van der Waals surface area contributed by atoms with Crippen LogP contribution >= 0.6 is 0 Å². The number of aliphatic hydroxyl groups is 1. The average molecular weight is 281 g/mol. The van der Waals surface area contributed by atoms with Crippen LogP contribution in [0.2, 0.25) is 0 Å². The number of nitrogens with one attached hydrogen (secondary N) is 1. The summed E-state index contributed by atoms with van der Waals surface area (Å²) in [5, 5.41) is 13.8. The first kappa shape index (κ1) is 16.3. The first-order chi connectivity index (χ1) is 9.47. The molecule has 2 fully saturated rings. The predicted octanol–water partition coefficient (Wildman–Crippen LogP) is 4.12. The van der Waals surface area contributed by atoms with Crippen molar-refractivity contribution >= 4 is 0 Å². The molecule has 2 saturated carbocycles. The van der Waals surface area contributed by atoms with Crippen molar-refractivity contribution in [1.29, 1.82) is 0 Å². The highest BCUT2D eigenvalue weighted by atomic mass is 16.3. The monoisotopic (exact) mass is 281 g/mol. The third kappa shape index (κ3) is 4.73. The van der Waals surface area contributed by atoms with Crippen molar-refractivity contribution in [3.8, 4) is 0 Å². The summed E-state index contributed by atoms with van der Waals surface area (Å²) in [5.41, 5.74) is 0.467. The van der Waals surface area contributed by atoms with Gasteiger partial charge in [0, 0.05) is 12.6 Å². The molecule has 20 heavy (non-hydrogen) atoms. The molecule has 0 spiro atoms. The van der Waals surface area contributed by atoms with E-state index in [1.165, 1.54) is 51.4 Å². The van der Waals surface area contributed by atoms with Crippen molar-refractivity contribution < 1.29 is 5.11 Å². The molecule has 0 aromatic carbocycles. The third-order valence-electron chi connectivity index (χ3n) is 5.73. The van der Waals surface area contributed by atoms with Crippen LogP contribution in [0.5, 0.6) is 0 Å². The standard InChI is InChI=1S/C18H35NO/c1-18(2,3)15-8-6-9-16(12-11-15)19-13-14-7-4-5-10-17(14)20/h14-17,19-20H,4-13H2,1-3H3. The molecule has 118 valence electrons. The maximum atomic E-state index is 10.1. The Kier molecular flexibility index (Phi) is 5.92. The molecule has 0 heterocycles. The zero-order chi connectivity index (χ0) is 14.6. The summed E-state index contributed by atoms with van der Waals surface area (Å²) < 4.78 is 0. The van der Waals surface area contributed by atoms with Crippen molar-refractivity contribution in [3.63, 3.8) is 0 Å². The molecule has 0 aromatic rings. The minimum atomic E-state index is -0.0515. The van der Waals surface area contributed by atoms with E-state index in [4.69, 9.17) is 0 Å². The van der Waals surface area contributed by atoms with Gasteiger partial charge >= 0.3 is 0 Å². The van der Waals surface area contributed by atoms with E-state index in [2.05, 4.69) is 26.1 Å². The summed E-state index contributed by atoms with van der Waals surface area (Å²) in [6.07, 6.45) is 11.5. The van der Waals surface area contributed by atoms with E-state index in [0.717, 1.165) is 18.9 Å². The first-order valence-corrected chi connectivity index (χ1v) is 8.88. The highest BCUT2D eigenvalue weighted by molar-refractivity contribution is 4.83. The number of aliphatic hydroxyl groups excluding tert-OH is 1. The van der Waals surface area contributed by atoms with E-state index < -0.39 is 0 Å². The lowest BCUT2D eigenvalue weighted by atomic mass is 9.76. The second-order valence-corrected chi connectivity index (χ2v) is 8.29. The molecule has 0 bridgehead atoms. The van der Waals surface area contributed by atoms with Gasteiger partial charge in [-0.2, -0.15) is 0 Å². The summed E-state index contributed by atoms with van der Waals surface area (Å²) in [7, 11) is 0. The smallest absolute Gasteiger partial charge is 0.0580 e. The van der Waals surface area contributed by atoms with Crippen LogP contribution in [0.25, 0.3) is 0 Å². The van der Waals surface area contributed by atoms with Gasteiger partial charge < -0.3 is 10.4 Å². The SMILES string of the molecule is CC(C)(C)C1CCCC(NCC2CCCCC2O)CC1. The van der Waals surface area contributed by atoms with Crippen molar-refractivity contribution in [2.45, 2.75) is 90.7 Å². The number of hydrogen-bond acceptors (Lipinski definition) is 2. The van der Waals surface area contributed by atoms with Crippen molar-refractivity contribution in [3.05, 3.63) is 0 Å². The van der Waals surface area contributed by atoms with Crippen LogP contribution in [-0.4, -0.2) is 23.8 Å². The van der Waals surface area contributed by atoms with E-state index in [0.29, 0.717) is 17.4 Å². The Hall–Kier alpha value is -0.0800. The van der Waals surface area contributed by atoms with Crippen LogP contribution in [0.3, 0.4) is 0 Å². The quantitative estimate of drug-likeness (QED) is 0.763. The summed E-state index contributed by atoms with van der Waals surface area (Å²) in [6, 6.07) is 0.691. The van der Waals surface area contributed by atoms with Gasteiger partial charge in [0.05, 0.1) is 6.10 Å². The molecule has 4 unspecified atom stereocenters. The van der Waals surface area contributed by atoms with E-state index in [1.54, 1.807) is 0 Å².